The van der Waals surface area contributed by atoms with Crippen molar-refractivity contribution >= 4 is 11.7 Å². The van der Waals surface area contributed by atoms with Crippen molar-refractivity contribution in [2.45, 2.75) is 19.8 Å². The quantitative estimate of drug-likeness (QED) is 0.829. The molecule has 1 aromatic carbocycles. The van der Waals surface area contributed by atoms with Gasteiger partial charge < -0.3 is 10.0 Å². The van der Waals surface area contributed by atoms with Gasteiger partial charge in [0.1, 0.15) is 0 Å². The summed E-state index contributed by atoms with van der Waals surface area (Å²) in [6.45, 7) is 3.68. The molecule has 1 atom stereocenters. The Bertz CT molecular complexity index is 389. The summed E-state index contributed by atoms with van der Waals surface area (Å²) in [5.74, 6) is -0.883. The summed E-state index contributed by atoms with van der Waals surface area (Å²) in [6, 6.07) is 8.16. The first-order valence-electron chi connectivity index (χ1n) is 5.72. The summed E-state index contributed by atoms with van der Waals surface area (Å²) in [4.78, 5) is 13.2. The van der Waals surface area contributed by atoms with Crippen LogP contribution in [0, 0.1) is 12.8 Å². The Morgan fingerprint density at radius 3 is 2.88 bits per heavy atom. The number of rotatable bonds is 2. The first kappa shape index (κ1) is 11.0. The van der Waals surface area contributed by atoms with Crippen LogP contribution in [0.1, 0.15) is 18.4 Å². The number of benzene rings is 1. The van der Waals surface area contributed by atoms with E-state index in [4.69, 9.17) is 5.11 Å². The third kappa shape index (κ3) is 2.18. The van der Waals surface area contributed by atoms with Gasteiger partial charge in [-0.05, 0) is 31.4 Å². The largest absolute Gasteiger partial charge is 0.481 e. The first-order valence-corrected chi connectivity index (χ1v) is 5.72. The highest BCUT2D eigenvalue weighted by molar-refractivity contribution is 5.71. The number of hydrogen-bond acceptors (Lipinski definition) is 2. The van der Waals surface area contributed by atoms with Gasteiger partial charge in [-0.1, -0.05) is 18.2 Å². The number of aryl methyl sites for hydroxylation is 1. The van der Waals surface area contributed by atoms with Crippen LogP contribution in [0.15, 0.2) is 24.3 Å². The Balaban J connectivity index is 2.16. The van der Waals surface area contributed by atoms with Crippen molar-refractivity contribution in [3.63, 3.8) is 0 Å². The average Bonchev–Trinajstić information content (AvgIpc) is 2.30. The van der Waals surface area contributed by atoms with Gasteiger partial charge in [-0.3, -0.25) is 4.79 Å². The van der Waals surface area contributed by atoms with Gasteiger partial charge in [0.05, 0.1) is 5.92 Å². The summed E-state index contributed by atoms with van der Waals surface area (Å²) in [5, 5.41) is 9.05. The number of carboxylic acids is 1. The summed E-state index contributed by atoms with van der Waals surface area (Å²) >= 11 is 0. The topological polar surface area (TPSA) is 40.5 Å². The molecule has 0 amide bonds. The van der Waals surface area contributed by atoms with Gasteiger partial charge in [-0.25, -0.2) is 0 Å². The number of carboxylic acid groups (broad SMARTS) is 1. The van der Waals surface area contributed by atoms with E-state index in [2.05, 4.69) is 24.0 Å². The summed E-state index contributed by atoms with van der Waals surface area (Å²) in [7, 11) is 0. The fraction of sp³-hybridized carbons (Fsp3) is 0.462. The molecule has 1 heterocycles. The van der Waals surface area contributed by atoms with E-state index in [0.29, 0.717) is 6.54 Å². The summed E-state index contributed by atoms with van der Waals surface area (Å²) in [5.41, 5.74) is 2.39. The zero-order valence-electron chi connectivity index (χ0n) is 9.52. The molecule has 2 rings (SSSR count). The van der Waals surface area contributed by atoms with E-state index in [9.17, 15) is 4.79 Å². The zero-order valence-corrected chi connectivity index (χ0v) is 9.52. The molecule has 1 N–H and O–H groups in total. The molecular formula is C13H17NO2. The standard InChI is InChI=1S/C13H17NO2/c1-10-5-2-3-7-12(10)14-8-4-6-11(9-14)13(15)16/h2-3,5,7,11H,4,6,8-9H2,1H3,(H,15,16). The minimum atomic E-state index is -0.668. The minimum absolute atomic E-state index is 0.214. The Morgan fingerprint density at radius 2 is 2.19 bits per heavy atom. The summed E-state index contributed by atoms with van der Waals surface area (Å²) in [6.07, 6.45) is 1.77. The zero-order chi connectivity index (χ0) is 11.5. The number of piperidine rings is 1. The van der Waals surface area contributed by atoms with Crippen molar-refractivity contribution in [2.24, 2.45) is 5.92 Å². The van der Waals surface area contributed by atoms with Crippen LogP contribution in [0.2, 0.25) is 0 Å². The third-order valence-electron chi connectivity index (χ3n) is 3.23. The third-order valence-corrected chi connectivity index (χ3v) is 3.23. The normalized spacial score (nSPS) is 20.8. The molecule has 3 heteroatoms. The van der Waals surface area contributed by atoms with Gasteiger partial charge in [-0.2, -0.15) is 0 Å². The van der Waals surface area contributed by atoms with E-state index < -0.39 is 5.97 Å². The molecular weight excluding hydrogens is 202 g/mol. The molecule has 0 aromatic heterocycles. The van der Waals surface area contributed by atoms with Crippen LogP contribution in [0.25, 0.3) is 0 Å². The van der Waals surface area contributed by atoms with E-state index in [1.54, 1.807) is 0 Å². The van der Waals surface area contributed by atoms with Crippen molar-refractivity contribution in [1.82, 2.24) is 0 Å². The SMILES string of the molecule is Cc1ccccc1N1CCCC(C(=O)O)C1. The molecule has 1 aliphatic heterocycles. The fourth-order valence-corrected chi connectivity index (χ4v) is 2.32. The van der Waals surface area contributed by atoms with Gasteiger partial charge in [0, 0.05) is 18.8 Å². The molecule has 0 spiro atoms. The monoisotopic (exact) mass is 219 g/mol. The second kappa shape index (κ2) is 4.56. The molecule has 0 saturated carbocycles. The maximum absolute atomic E-state index is 11.0. The van der Waals surface area contributed by atoms with Crippen molar-refractivity contribution in [3.8, 4) is 0 Å². The second-order valence-corrected chi connectivity index (χ2v) is 4.41. The highest BCUT2D eigenvalue weighted by Crippen LogP contribution is 2.25. The van der Waals surface area contributed by atoms with Crippen LogP contribution in [0.4, 0.5) is 5.69 Å². The lowest BCUT2D eigenvalue weighted by atomic mass is 9.97. The Morgan fingerprint density at radius 1 is 1.44 bits per heavy atom. The molecule has 0 radical (unpaired) electrons. The average molecular weight is 219 g/mol. The lowest BCUT2D eigenvalue weighted by Gasteiger charge is -2.33. The highest BCUT2D eigenvalue weighted by atomic mass is 16.4. The molecule has 1 aliphatic rings. The number of carbonyl (C=O) groups is 1. The van der Waals surface area contributed by atoms with Gasteiger partial charge in [-0.15, -0.1) is 0 Å². The molecule has 0 bridgehead atoms. The van der Waals surface area contributed by atoms with Crippen LogP contribution in [-0.2, 0) is 4.79 Å². The van der Waals surface area contributed by atoms with Crippen LogP contribution >= 0.6 is 0 Å². The van der Waals surface area contributed by atoms with Gasteiger partial charge in [0.2, 0.25) is 0 Å². The predicted octanol–water partition coefficient (Wildman–Crippen LogP) is 2.30. The molecule has 1 fully saturated rings. The molecule has 0 aliphatic carbocycles. The lowest BCUT2D eigenvalue weighted by molar-refractivity contribution is -0.141. The molecule has 3 nitrogen and oxygen atoms in total. The van der Waals surface area contributed by atoms with Crippen molar-refractivity contribution in [3.05, 3.63) is 29.8 Å². The van der Waals surface area contributed by atoms with E-state index in [1.165, 1.54) is 11.3 Å². The van der Waals surface area contributed by atoms with Crippen molar-refractivity contribution < 1.29 is 9.90 Å². The van der Waals surface area contributed by atoms with Crippen LogP contribution in [-0.4, -0.2) is 24.2 Å². The number of hydrogen-bond donors (Lipinski definition) is 1. The minimum Gasteiger partial charge on any atom is -0.481 e. The molecule has 86 valence electrons. The molecule has 1 aromatic rings. The maximum Gasteiger partial charge on any atom is 0.308 e. The van der Waals surface area contributed by atoms with Crippen LogP contribution in [0.5, 0.6) is 0 Å². The van der Waals surface area contributed by atoms with Crippen molar-refractivity contribution in [1.29, 1.82) is 0 Å². The fourth-order valence-electron chi connectivity index (χ4n) is 2.32. The number of anilines is 1. The second-order valence-electron chi connectivity index (χ2n) is 4.41. The van der Waals surface area contributed by atoms with E-state index in [0.717, 1.165) is 19.4 Å². The molecule has 16 heavy (non-hydrogen) atoms. The first-order chi connectivity index (χ1) is 7.68. The van der Waals surface area contributed by atoms with Gasteiger partial charge in [0.15, 0.2) is 0 Å². The number of nitrogens with zero attached hydrogens (tertiary/aromatic N) is 1. The maximum atomic E-state index is 11.0. The van der Waals surface area contributed by atoms with Gasteiger partial charge in [0.25, 0.3) is 0 Å². The lowest BCUT2D eigenvalue weighted by Crippen LogP contribution is -2.39. The van der Waals surface area contributed by atoms with Crippen molar-refractivity contribution in [2.75, 3.05) is 18.0 Å². The van der Waals surface area contributed by atoms with Crippen LogP contribution in [0.3, 0.4) is 0 Å². The highest BCUT2D eigenvalue weighted by Gasteiger charge is 2.25. The van der Waals surface area contributed by atoms with E-state index in [-0.39, 0.29) is 5.92 Å². The van der Waals surface area contributed by atoms with Gasteiger partial charge >= 0.3 is 5.97 Å². The summed E-state index contributed by atoms with van der Waals surface area (Å²) < 4.78 is 0. The Hall–Kier alpha value is -1.51. The van der Waals surface area contributed by atoms with E-state index in [1.807, 2.05) is 12.1 Å². The number of para-hydroxylation sites is 1. The number of aliphatic carboxylic acids is 1. The van der Waals surface area contributed by atoms with E-state index >= 15 is 0 Å². The predicted molar refractivity (Wildman–Crippen MR) is 63.8 cm³/mol. The molecule has 1 unspecified atom stereocenters. The smallest absolute Gasteiger partial charge is 0.308 e. The van der Waals surface area contributed by atoms with Crippen LogP contribution < -0.4 is 4.90 Å². The Kier molecular flexibility index (Phi) is 3.13. The molecule has 1 saturated heterocycles. The Labute approximate surface area is 95.7 Å².